The molecule has 27 atom stereocenters. The van der Waals surface area contributed by atoms with Gasteiger partial charge in [0, 0.05) is 118 Å². The fourth-order valence-electron chi connectivity index (χ4n) is 15.7. The molecule has 137 heavy (non-hydrogen) atoms. The van der Waals surface area contributed by atoms with Gasteiger partial charge in [-0.3, -0.25) is 101 Å². The molecule has 1 aromatic carbocycles. The second-order valence-corrected chi connectivity index (χ2v) is 32.7. The van der Waals surface area contributed by atoms with Crippen molar-refractivity contribution in [2.75, 3.05) is 47.3 Å². The van der Waals surface area contributed by atoms with Crippen LogP contribution in [0.15, 0.2) is 24.3 Å². The highest BCUT2D eigenvalue weighted by atomic mass is 16.8. The van der Waals surface area contributed by atoms with E-state index in [9.17, 15) is 86.3 Å². The van der Waals surface area contributed by atoms with Gasteiger partial charge in [-0.25, -0.2) is 9.59 Å². The molecule has 6 aliphatic rings. The Hall–Kier alpha value is -12.6. The zero-order valence-electron chi connectivity index (χ0n) is 78.6. The Morgan fingerprint density at radius 3 is 1.16 bits per heavy atom. The number of rotatable bonds is 38. The first-order chi connectivity index (χ1) is 63.9. The number of benzene rings is 1. The van der Waals surface area contributed by atoms with E-state index in [2.05, 4.69) is 10.6 Å². The number of esters is 18. The van der Waals surface area contributed by atoms with Gasteiger partial charge in [0.05, 0.1) is 55.7 Å². The number of imide groups is 1. The van der Waals surface area contributed by atoms with Gasteiger partial charge in [-0.2, -0.15) is 0 Å². The molecular weight excluding hydrogens is 1850 g/mol. The van der Waals surface area contributed by atoms with E-state index < -0.39 is 347 Å². The molecule has 7 rings (SSSR count). The van der Waals surface area contributed by atoms with E-state index >= 15 is 19.2 Å². The first-order valence-electron chi connectivity index (χ1n) is 42.2. The fourth-order valence-corrected chi connectivity index (χ4v) is 15.7. The van der Waals surface area contributed by atoms with Crippen LogP contribution in [-0.4, -0.2) is 348 Å². The highest BCUT2D eigenvalue weighted by Gasteiger charge is 2.68. The molecule has 52 heteroatoms. The molecule has 1 unspecified atom stereocenters. The molecular formula is C85H111N3O49. The van der Waals surface area contributed by atoms with E-state index in [0.717, 1.165) is 104 Å². The maximum Gasteiger partial charge on any atom is 0.366 e. The van der Waals surface area contributed by atoms with E-state index in [1.807, 2.05) is 0 Å². The summed E-state index contributed by atoms with van der Waals surface area (Å²) in [7, 11) is 1.34. The van der Waals surface area contributed by atoms with Gasteiger partial charge < -0.3 is 139 Å². The number of ether oxygens (including phenoxy) is 27. The third-order valence-electron chi connectivity index (χ3n) is 20.5. The zero-order valence-corrected chi connectivity index (χ0v) is 78.6. The molecule has 6 heterocycles. The van der Waals surface area contributed by atoms with Crippen molar-refractivity contribution in [2.24, 2.45) is 5.41 Å². The van der Waals surface area contributed by atoms with Crippen molar-refractivity contribution in [1.29, 1.82) is 0 Å². The third-order valence-corrected chi connectivity index (χ3v) is 20.5. The molecule has 2 N–H and O–H groups in total. The molecule has 4 amide bonds. The monoisotopic (exact) mass is 1960 g/mol. The lowest BCUT2D eigenvalue weighted by molar-refractivity contribution is -0.402. The minimum absolute atomic E-state index is 0.362. The molecule has 0 aromatic heterocycles. The van der Waals surface area contributed by atoms with Gasteiger partial charge in [-0.1, -0.05) is 12.1 Å². The first-order valence-corrected chi connectivity index (χ1v) is 42.2. The number of methoxy groups -OCH3 is 2. The van der Waals surface area contributed by atoms with Crippen molar-refractivity contribution in [1.82, 2.24) is 15.5 Å². The normalized spacial score (nSPS) is 29.2. The summed E-state index contributed by atoms with van der Waals surface area (Å²) in [6.07, 6.45) is -56.0. The van der Waals surface area contributed by atoms with Crippen LogP contribution in [0.5, 0.6) is 0 Å². The van der Waals surface area contributed by atoms with Gasteiger partial charge in [-0.05, 0) is 32.9 Å². The largest absolute Gasteiger partial charge is 0.465 e. The minimum atomic E-state index is -3.82. The Bertz CT molecular complexity index is 4660. The van der Waals surface area contributed by atoms with Crippen LogP contribution in [0.1, 0.15) is 172 Å². The van der Waals surface area contributed by atoms with Crippen molar-refractivity contribution in [2.45, 2.75) is 316 Å². The summed E-state index contributed by atoms with van der Waals surface area (Å²) in [5.74, 6) is -35.5. The number of carbonyl (C=O) groups excluding carboxylic acids is 22. The number of hydrogen-bond donors (Lipinski definition) is 2. The van der Waals surface area contributed by atoms with Crippen molar-refractivity contribution >= 4 is 131 Å². The van der Waals surface area contributed by atoms with Crippen LogP contribution in [0.4, 0.5) is 0 Å². The number of fused-ring (bicyclic) bond motifs is 1. The molecule has 0 spiro atoms. The highest BCUT2D eigenvalue weighted by molar-refractivity contribution is 6.21. The summed E-state index contributed by atoms with van der Waals surface area (Å²) in [5, 5.41) is 4.91. The molecule has 6 aliphatic heterocycles. The van der Waals surface area contributed by atoms with E-state index in [1.54, 1.807) is 0 Å². The van der Waals surface area contributed by atoms with Crippen molar-refractivity contribution in [3.05, 3.63) is 35.4 Å². The van der Waals surface area contributed by atoms with E-state index in [4.69, 9.17) is 128 Å². The topological polar surface area (TPSA) is 652 Å². The molecule has 5 saturated heterocycles. The maximum absolute atomic E-state index is 16.3. The van der Waals surface area contributed by atoms with Gasteiger partial charge in [0.15, 0.2) is 55.3 Å². The van der Waals surface area contributed by atoms with Gasteiger partial charge in [0.25, 0.3) is 23.4 Å². The standard InChI is InChI=1S/C85H111N3O49/c1-34(89)86-60-53(118-41(8)96)27-84(81(109)111-21,135-68(60)63(121-44(11)99)55(120-43(10)98)29-113-36(3)91)134-59(33-117-40(7)95)67(123-46(13)101)69-61(87-35(2)90)54(119-42(9)97)28-85(136-69,82(110)112-22)137-72-66(131-77-62(88-75(106)51-25-23-24-26-52(51)76(88)107)70(124-47(14)102)64(122-45(12)100)56(128-77)30-114-37(4)92)58(32-116-39(6)94)130-79(74(72)126-49(16)104)132-65-57(31-115-38(5)93)129-78(127-50(17)105)73(71(65)125-48(15)103)133-80(108)83(18,19)20/h23-26,53-74,77-79H,27-33H2,1-22H3,(H,86,89)(H,87,90)/t53-,54-,55+,56+,57+,58+,59+,60+,61+,62+,63+,64-,65+,66-,67+,68+,69+,70+,71-,72-,73+,74+,77-,78?,79-,84+,85-/m0/s1. The number of carbonyl (C=O) groups is 22. The summed E-state index contributed by atoms with van der Waals surface area (Å²) in [5.41, 5.74) is -2.23. The molecule has 0 aliphatic carbocycles. The summed E-state index contributed by atoms with van der Waals surface area (Å²) < 4.78 is 164. The van der Waals surface area contributed by atoms with E-state index in [0.29, 0.717) is 33.0 Å². The molecule has 52 nitrogen and oxygen atoms in total. The minimum Gasteiger partial charge on any atom is -0.465 e. The Labute approximate surface area is 781 Å². The van der Waals surface area contributed by atoms with Gasteiger partial charge >= 0.3 is 107 Å². The van der Waals surface area contributed by atoms with Crippen LogP contribution in [0.2, 0.25) is 0 Å². The van der Waals surface area contributed by atoms with Crippen LogP contribution in [0.3, 0.4) is 0 Å². The Morgan fingerprint density at radius 2 is 0.745 bits per heavy atom. The predicted octanol–water partition coefficient (Wildman–Crippen LogP) is -1.59. The van der Waals surface area contributed by atoms with E-state index in [1.165, 1.54) is 45.0 Å². The molecule has 1 aromatic rings. The summed E-state index contributed by atoms with van der Waals surface area (Å²) >= 11 is 0. The Morgan fingerprint density at radius 1 is 0.387 bits per heavy atom. The molecule has 760 valence electrons. The van der Waals surface area contributed by atoms with Crippen LogP contribution in [0, 0.1) is 5.41 Å². The second kappa shape index (κ2) is 48.4. The molecule has 0 saturated carbocycles. The van der Waals surface area contributed by atoms with Crippen molar-refractivity contribution in [3.8, 4) is 0 Å². The maximum atomic E-state index is 16.3. The van der Waals surface area contributed by atoms with E-state index in [-0.39, 0.29) is 11.1 Å². The average molecular weight is 1960 g/mol. The SMILES string of the molecule is COC(=O)[C@@]1(O[C@H](COC(C)=O)[C@@H](OC(C)=O)[C@@H]2O[C@@](O[C@H]3[C@@H](O[C@@H]4O[C@H](COC(C)=O)[C@H](OC(C)=O)[C@H](OC(C)=O)[C@H]4N4C(=O)c5ccccc5C4=O)[C@@H](COC(C)=O)O[C@@H](O[C@H]4[C@H](OC(C)=O)[C@@H](OC(=O)C(C)(C)C)C(OC(C)=O)O[C@@H]4COC(C)=O)[C@@H]3OC(C)=O)(C(=O)OC)C[C@H](OC(C)=O)[C@H]2NC(C)=O)C[C@H](OC(C)=O)[C@@H](NC(C)=O)[C@H]([C@H](OC(C)=O)[C@@H](COC(C)=O)OC(C)=O)O1. The fraction of sp³-hybridized carbons (Fsp3) is 0.671. The first kappa shape index (κ1) is 111. The Kier molecular flexibility index (Phi) is 39.4. The number of amides is 4. The molecule has 0 bridgehead atoms. The van der Waals surface area contributed by atoms with Crippen LogP contribution < -0.4 is 10.6 Å². The lowest BCUT2D eigenvalue weighted by Crippen LogP contribution is -2.73. The van der Waals surface area contributed by atoms with Crippen molar-refractivity contribution in [3.63, 3.8) is 0 Å². The average Bonchev–Trinajstić information content (AvgIpc) is 1.72. The van der Waals surface area contributed by atoms with Crippen LogP contribution >= 0.6 is 0 Å². The molecule has 5 fully saturated rings. The number of hydrogen-bond acceptors (Lipinski definition) is 49. The number of nitrogens with one attached hydrogen (secondary N) is 2. The van der Waals surface area contributed by atoms with Crippen LogP contribution in [0.25, 0.3) is 0 Å². The predicted molar refractivity (Wildman–Crippen MR) is 434 cm³/mol. The smallest absolute Gasteiger partial charge is 0.366 e. The second-order valence-electron chi connectivity index (χ2n) is 32.7. The summed E-state index contributed by atoms with van der Waals surface area (Å²) in [4.78, 5) is 308. The van der Waals surface area contributed by atoms with Crippen molar-refractivity contribution < 1.29 is 233 Å². The Balaban J connectivity index is 1.69. The highest BCUT2D eigenvalue weighted by Crippen LogP contribution is 2.47. The van der Waals surface area contributed by atoms with Gasteiger partial charge in [0.1, 0.15) is 106 Å². The lowest BCUT2D eigenvalue weighted by Gasteiger charge is -2.54. The summed E-state index contributed by atoms with van der Waals surface area (Å²) in [6, 6.07) is -1.64. The molecule has 0 radical (unpaired) electrons. The lowest BCUT2D eigenvalue weighted by atomic mass is 9.86. The zero-order chi connectivity index (χ0) is 103. The number of nitrogens with zero attached hydrogens (tertiary/aromatic N) is 1. The summed E-state index contributed by atoms with van der Waals surface area (Å²) in [6.45, 7) is 12.2. The quantitative estimate of drug-likeness (QED) is 0.0428. The van der Waals surface area contributed by atoms with Gasteiger partial charge in [-0.15, -0.1) is 0 Å². The van der Waals surface area contributed by atoms with Crippen LogP contribution in [-0.2, 0) is 224 Å². The van der Waals surface area contributed by atoms with Gasteiger partial charge in [0.2, 0.25) is 24.2 Å². The third kappa shape index (κ3) is 29.7.